The van der Waals surface area contributed by atoms with Crippen LogP contribution in [0.3, 0.4) is 0 Å². The molecule has 2 aromatic rings. The lowest BCUT2D eigenvalue weighted by Gasteiger charge is -2.39. The van der Waals surface area contributed by atoms with Crippen LogP contribution in [-0.2, 0) is 11.8 Å². The van der Waals surface area contributed by atoms with E-state index in [1.807, 2.05) is 35.2 Å². The quantitative estimate of drug-likeness (QED) is 0.896. The normalized spacial score (nSPS) is 18.0. The molecule has 0 aromatic heterocycles. The van der Waals surface area contributed by atoms with Crippen LogP contribution in [0, 0.1) is 0 Å². The Kier molecular flexibility index (Phi) is 4.06. The van der Waals surface area contributed by atoms with Gasteiger partial charge in [-0.05, 0) is 42.7 Å². The van der Waals surface area contributed by atoms with Crippen LogP contribution in [0.15, 0.2) is 54.6 Å². The number of piperidine rings is 1. The first-order chi connectivity index (χ1) is 10.9. The molecule has 1 aliphatic rings. The second-order valence-corrected chi connectivity index (χ2v) is 5.93. The van der Waals surface area contributed by atoms with Gasteiger partial charge in [0.2, 0.25) is 0 Å². The SMILES string of the molecule is OC1(c2ccccc2)CCN(c2ccc(C(F)(F)F)cc2)CC1. The summed E-state index contributed by atoms with van der Waals surface area (Å²) in [4.78, 5) is 2.01. The van der Waals surface area contributed by atoms with Crippen LogP contribution in [0.25, 0.3) is 0 Å². The van der Waals surface area contributed by atoms with Crippen molar-refractivity contribution in [3.05, 3.63) is 65.7 Å². The Labute approximate surface area is 133 Å². The van der Waals surface area contributed by atoms with Crippen molar-refractivity contribution in [2.24, 2.45) is 0 Å². The third-order valence-corrected chi connectivity index (χ3v) is 4.46. The Hall–Kier alpha value is -2.01. The van der Waals surface area contributed by atoms with Gasteiger partial charge in [-0.2, -0.15) is 13.2 Å². The zero-order valence-corrected chi connectivity index (χ0v) is 12.6. The van der Waals surface area contributed by atoms with Crippen LogP contribution in [0.2, 0.25) is 0 Å². The summed E-state index contributed by atoms with van der Waals surface area (Å²) in [6.45, 7) is 1.22. The minimum Gasteiger partial charge on any atom is -0.385 e. The van der Waals surface area contributed by atoms with Gasteiger partial charge in [-0.1, -0.05) is 30.3 Å². The molecule has 0 spiro atoms. The molecule has 0 amide bonds. The molecule has 122 valence electrons. The predicted molar refractivity (Wildman–Crippen MR) is 83.2 cm³/mol. The van der Waals surface area contributed by atoms with E-state index >= 15 is 0 Å². The van der Waals surface area contributed by atoms with Crippen molar-refractivity contribution in [1.82, 2.24) is 0 Å². The molecular weight excluding hydrogens is 303 g/mol. The monoisotopic (exact) mass is 321 g/mol. The first-order valence-corrected chi connectivity index (χ1v) is 7.59. The van der Waals surface area contributed by atoms with E-state index in [0.717, 1.165) is 23.4 Å². The minimum atomic E-state index is -4.31. The van der Waals surface area contributed by atoms with Gasteiger partial charge >= 0.3 is 6.18 Å². The number of rotatable bonds is 2. The van der Waals surface area contributed by atoms with E-state index in [9.17, 15) is 18.3 Å². The number of halogens is 3. The molecule has 5 heteroatoms. The van der Waals surface area contributed by atoms with E-state index < -0.39 is 17.3 Å². The lowest BCUT2D eigenvalue weighted by Crippen LogP contribution is -2.42. The molecule has 0 saturated carbocycles. The lowest BCUT2D eigenvalue weighted by molar-refractivity contribution is -0.137. The van der Waals surface area contributed by atoms with Gasteiger partial charge in [-0.15, -0.1) is 0 Å². The van der Waals surface area contributed by atoms with E-state index in [4.69, 9.17) is 0 Å². The maximum atomic E-state index is 12.6. The van der Waals surface area contributed by atoms with Crippen LogP contribution in [0.5, 0.6) is 0 Å². The van der Waals surface area contributed by atoms with Crippen molar-refractivity contribution < 1.29 is 18.3 Å². The van der Waals surface area contributed by atoms with Crippen molar-refractivity contribution in [3.63, 3.8) is 0 Å². The zero-order chi connectivity index (χ0) is 16.5. The average molecular weight is 321 g/mol. The van der Waals surface area contributed by atoms with Crippen LogP contribution in [0.4, 0.5) is 18.9 Å². The Balaban J connectivity index is 1.69. The largest absolute Gasteiger partial charge is 0.416 e. The fourth-order valence-electron chi connectivity index (χ4n) is 3.03. The number of hydrogen-bond donors (Lipinski definition) is 1. The summed E-state index contributed by atoms with van der Waals surface area (Å²) in [5.41, 5.74) is 0.156. The third kappa shape index (κ3) is 3.34. The highest BCUT2D eigenvalue weighted by molar-refractivity contribution is 5.49. The van der Waals surface area contributed by atoms with E-state index in [0.29, 0.717) is 25.9 Å². The highest BCUT2D eigenvalue weighted by Crippen LogP contribution is 2.35. The van der Waals surface area contributed by atoms with Gasteiger partial charge in [-0.3, -0.25) is 0 Å². The summed E-state index contributed by atoms with van der Waals surface area (Å²) < 4.78 is 37.8. The van der Waals surface area contributed by atoms with Crippen LogP contribution < -0.4 is 4.90 Å². The van der Waals surface area contributed by atoms with Gasteiger partial charge in [0, 0.05) is 18.8 Å². The summed E-state index contributed by atoms with van der Waals surface area (Å²) in [7, 11) is 0. The maximum Gasteiger partial charge on any atom is 0.416 e. The molecular formula is C18H18F3NO. The van der Waals surface area contributed by atoms with Crippen LogP contribution in [-0.4, -0.2) is 18.2 Å². The average Bonchev–Trinajstić information content (AvgIpc) is 2.56. The Bertz CT molecular complexity index is 644. The first-order valence-electron chi connectivity index (χ1n) is 7.59. The molecule has 3 rings (SSSR count). The molecule has 0 atom stereocenters. The van der Waals surface area contributed by atoms with Crippen LogP contribution in [0.1, 0.15) is 24.0 Å². The number of alkyl halides is 3. The zero-order valence-electron chi connectivity index (χ0n) is 12.6. The molecule has 2 aromatic carbocycles. The molecule has 0 aliphatic carbocycles. The highest BCUT2D eigenvalue weighted by atomic mass is 19.4. The van der Waals surface area contributed by atoms with Crippen molar-refractivity contribution in [2.75, 3.05) is 18.0 Å². The number of benzene rings is 2. The summed E-state index contributed by atoms with van der Waals surface area (Å²) >= 11 is 0. The molecule has 23 heavy (non-hydrogen) atoms. The minimum absolute atomic E-state index is 0.554. The smallest absolute Gasteiger partial charge is 0.385 e. The molecule has 2 nitrogen and oxygen atoms in total. The van der Waals surface area contributed by atoms with Crippen LogP contribution >= 0.6 is 0 Å². The standard InChI is InChI=1S/C18H18F3NO/c19-18(20,21)15-6-8-16(9-7-15)22-12-10-17(23,11-13-22)14-4-2-1-3-5-14/h1-9,23H,10-13H2. The second kappa shape index (κ2) is 5.89. The van der Waals surface area contributed by atoms with Crippen molar-refractivity contribution in [2.45, 2.75) is 24.6 Å². The second-order valence-electron chi connectivity index (χ2n) is 5.93. The van der Waals surface area contributed by atoms with Crippen molar-refractivity contribution in [3.8, 4) is 0 Å². The van der Waals surface area contributed by atoms with E-state index in [2.05, 4.69) is 0 Å². The third-order valence-electron chi connectivity index (χ3n) is 4.46. The molecule has 1 fully saturated rings. The predicted octanol–water partition coefficient (Wildman–Crippen LogP) is 4.19. The number of aliphatic hydroxyl groups is 1. The summed E-state index contributed by atoms with van der Waals surface area (Å²) in [6.07, 6.45) is -3.20. The number of hydrogen-bond acceptors (Lipinski definition) is 2. The fourth-order valence-corrected chi connectivity index (χ4v) is 3.03. The van der Waals surface area contributed by atoms with Gasteiger partial charge in [0.25, 0.3) is 0 Å². The number of nitrogens with zero attached hydrogens (tertiary/aromatic N) is 1. The highest BCUT2D eigenvalue weighted by Gasteiger charge is 2.34. The van der Waals surface area contributed by atoms with Gasteiger partial charge in [0.05, 0.1) is 11.2 Å². The maximum absolute atomic E-state index is 12.6. The van der Waals surface area contributed by atoms with Gasteiger partial charge in [0.15, 0.2) is 0 Å². The summed E-state index contributed by atoms with van der Waals surface area (Å²) in [6, 6.07) is 14.7. The molecule has 1 saturated heterocycles. The molecule has 1 heterocycles. The van der Waals surface area contributed by atoms with E-state index in [1.54, 1.807) is 0 Å². The molecule has 0 radical (unpaired) electrons. The Morgan fingerprint density at radius 1 is 0.870 bits per heavy atom. The molecule has 0 unspecified atom stereocenters. The van der Waals surface area contributed by atoms with Gasteiger partial charge in [-0.25, -0.2) is 0 Å². The van der Waals surface area contributed by atoms with E-state index in [-0.39, 0.29) is 0 Å². The topological polar surface area (TPSA) is 23.5 Å². The summed E-state index contributed by atoms with van der Waals surface area (Å²) in [5, 5.41) is 10.8. The summed E-state index contributed by atoms with van der Waals surface area (Å²) in [5.74, 6) is 0. The molecule has 1 aliphatic heterocycles. The van der Waals surface area contributed by atoms with Gasteiger partial charge < -0.3 is 10.0 Å². The molecule has 1 N–H and O–H groups in total. The number of anilines is 1. The first kappa shape index (κ1) is 15.9. The fraction of sp³-hybridized carbons (Fsp3) is 0.333. The van der Waals surface area contributed by atoms with Crippen molar-refractivity contribution in [1.29, 1.82) is 0 Å². The van der Waals surface area contributed by atoms with Gasteiger partial charge in [0.1, 0.15) is 0 Å². The molecule has 0 bridgehead atoms. The lowest BCUT2D eigenvalue weighted by atomic mass is 9.84. The van der Waals surface area contributed by atoms with E-state index in [1.165, 1.54) is 12.1 Å². The van der Waals surface area contributed by atoms with Crippen molar-refractivity contribution >= 4 is 5.69 Å². The Morgan fingerprint density at radius 3 is 1.96 bits per heavy atom. The Morgan fingerprint density at radius 2 is 1.43 bits per heavy atom.